The lowest BCUT2D eigenvalue weighted by Gasteiger charge is -2.35. The van der Waals surface area contributed by atoms with Crippen molar-refractivity contribution in [3.8, 4) is 0 Å². The van der Waals surface area contributed by atoms with Crippen LogP contribution in [0.5, 0.6) is 0 Å². The van der Waals surface area contributed by atoms with Gasteiger partial charge >= 0.3 is 0 Å². The molecule has 1 saturated heterocycles. The van der Waals surface area contributed by atoms with E-state index < -0.39 is 5.54 Å². The van der Waals surface area contributed by atoms with Crippen LogP contribution in [0.3, 0.4) is 0 Å². The van der Waals surface area contributed by atoms with Gasteiger partial charge in [0.15, 0.2) is 0 Å². The summed E-state index contributed by atoms with van der Waals surface area (Å²) in [5, 5.41) is 12.4. The van der Waals surface area contributed by atoms with Gasteiger partial charge < -0.3 is 20.9 Å². The van der Waals surface area contributed by atoms with Gasteiger partial charge in [0, 0.05) is 25.2 Å². The molecule has 1 aliphatic heterocycles. The predicted octanol–water partition coefficient (Wildman–Crippen LogP) is 0.409. The zero-order chi connectivity index (χ0) is 13.6. The molecular weight excluding hydrogens is 232 g/mol. The number of nitrogens with two attached hydrogens (primary N) is 1. The summed E-state index contributed by atoms with van der Waals surface area (Å²) >= 11 is 0. The summed E-state index contributed by atoms with van der Waals surface area (Å²) in [5.41, 5.74) is 5.07. The van der Waals surface area contributed by atoms with Crippen LogP contribution in [-0.2, 0) is 9.53 Å². The predicted molar refractivity (Wildman–Crippen MR) is 70.1 cm³/mol. The number of hydrogen-bond acceptors (Lipinski definition) is 4. The van der Waals surface area contributed by atoms with Crippen molar-refractivity contribution < 1.29 is 14.6 Å². The fraction of sp³-hybridized carbons (Fsp3) is 0.923. The Hall–Kier alpha value is -0.650. The molecule has 0 aromatic heterocycles. The summed E-state index contributed by atoms with van der Waals surface area (Å²) in [5.74, 6) is -0.120. The summed E-state index contributed by atoms with van der Waals surface area (Å²) < 4.78 is 5.22. The Kier molecular flexibility index (Phi) is 5.56. The van der Waals surface area contributed by atoms with Gasteiger partial charge in [0.2, 0.25) is 5.91 Å². The molecule has 5 nitrogen and oxygen atoms in total. The maximum atomic E-state index is 12.1. The first-order chi connectivity index (χ1) is 8.52. The van der Waals surface area contributed by atoms with Gasteiger partial charge in [-0.3, -0.25) is 4.79 Å². The molecule has 1 aliphatic rings. The van der Waals surface area contributed by atoms with Crippen molar-refractivity contribution in [2.75, 3.05) is 26.4 Å². The smallest absolute Gasteiger partial charge is 0.240 e. The zero-order valence-electron chi connectivity index (χ0n) is 11.5. The Morgan fingerprint density at radius 1 is 1.39 bits per heavy atom. The van der Waals surface area contributed by atoms with Crippen LogP contribution in [-0.4, -0.2) is 42.9 Å². The monoisotopic (exact) mass is 258 g/mol. The number of nitrogens with one attached hydrogen (secondary N) is 1. The molecule has 0 unspecified atom stereocenters. The van der Waals surface area contributed by atoms with Gasteiger partial charge in [-0.15, -0.1) is 0 Å². The number of rotatable bonds is 6. The molecule has 1 rings (SSSR count). The Morgan fingerprint density at radius 3 is 2.39 bits per heavy atom. The van der Waals surface area contributed by atoms with Gasteiger partial charge in [-0.2, -0.15) is 0 Å². The van der Waals surface area contributed by atoms with E-state index in [-0.39, 0.29) is 17.9 Å². The highest BCUT2D eigenvalue weighted by atomic mass is 16.5. The number of ether oxygens (including phenoxy) is 1. The lowest BCUT2D eigenvalue weighted by atomic mass is 9.82. The van der Waals surface area contributed by atoms with Crippen LogP contribution in [0.25, 0.3) is 0 Å². The van der Waals surface area contributed by atoms with Gasteiger partial charge in [-0.05, 0) is 25.7 Å². The van der Waals surface area contributed by atoms with Crippen LogP contribution < -0.4 is 11.1 Å². The van der Waals surface area contributed by atoms with E-state index in [1.165, 1.54) is 0 Å². The first-order valence-corrected chi connectivity index (χ1v) is 6.78. The third-order valence-electron chi connectivity index (χ3n) is 4.30. The van der Waals surface area contributed by atoms with E-state index in [9.17, 15) is 9.90 Å². The molecule has 106 valence electrons. The van der Waals surface area contributed by atoms with Crippen LogP contribution >= 0.6 is 0 Å². The number of hydrogen-bond donors (Lipinski definition) is 3. The molecule has 1 heterocycles. The van der Waals surface area contributed by atoms with Gasteiger partial charge in [-0.1, -0.05) is 13.8 Å². The van der Waals surface area contributed by atoms with Crippen LogP contribution in [0.4, 0.5) is 0 Å². The number of amides is 1. The number of carbonyl (C=O) groups is 1. The Labute approximate surface area is 109 Å². The third-order valence-corrected chi connectivity index (χ3v) is 4.30. The minimum atomic E-state index is -0.805. The number of aliphatic hydroxyl groups is 1. The van der Waals surface area contributed by atoms with Crippen molar-refractivity contribution in [3.05, 3.63) is 0 Å². The van der Waals surface area contributed by atoms with Gasteiger partial charge in [0.05, 0.1) is 12.1 Å². The van der Waals surface area contributed by atoms with Crippen molar-refractivity contribution in [2.45, 2.75) is 45.1 Å². The largest absolute Gasteiger partial charge is 0.396 e. The molecule has 0 bridgehead atoms. The van der Waals surface area contributed by atoms with Crippen LogP contribution in [0.2, 0.25) is 0 Å². The molecule has 0 radical (unpaired) electrons. The third kappa shape index (κ3) is 3.43. The standard InChI is InChI=1S/C13H26N2O3/c1-3-12(4-2,10-16)9-15-11(17)13(14)5-7-18-8-6-13/h16H,3-10,14H2,1-2H3,(H,15,17). The van der Waals surface area contributed by atoms with E-state index in [2.05, 4.69) is 5.32 Å². The van der Waals surface area contributed by atoms with Crippen molar-refractivity contribution in [1.82, 2.24) is 5.32 Å². The molecule has 0 saturated carbocycles. The van der Waals surface area contributed by atoms with Crippen molar-refractivity contribution in [2.24, 2.45) is 11.1 Å². The fourth-order valence-electron chi connectivity index (χ4n) is 2.19. The molecule has 0 aliphatic carbocycles. The van der Waals surface area contributed by atoms with E-state index in [0.717, 1.165) is 12.8 Å². The summed E-state index contributed by atoms with van der Waals surface area (Å²) in [6.07, 6.45) is 2.79. The molecule has 1 fully saturated rings. The Morgan fingerprint density at radius 2 is 1.94 bits per heavy atom. The van der Waals surface area contributed by atoms with E-state index in [4.69, 9.17) is 10.5 Å². The minimum absolute atomic E-state index is 0.0843. The Bertz CT molecular complexity index is 263. The molecule has 0 aromatic rings. The second-order valence-corrected chi connectivity index (χ2v) is 5.32. The SMILES string of the molecule is CCC(CC)(CO)CNC(=O)C1(N)CCOCC1. The van der Waals surface area contributed by atoms with Gasteiger partial charge in [-0.25, -0.2) is 0 Å². The van der Waals surface area contributed by atoms with E-state index in [0.29, 0.717) is 32.6 Å². The summed E-state index contributed by atoms with van der Waals surface area (Å²) in [6, 6.07) is 0. The van der Waals surface area contributed by atoms with Crippen LogP contribution in [0, 0.1) is 5.41 Å². The number of aliphatic hydroxyl groups excluding tert-OH is 1. The van der Waals surface area contributed by atoms with E-state index in [1.807, 2.05) is 13.8 Å². The highest BCUT2D eigenvalue weighted by molar-refractivity contribution is 5.86. The maximum absolute atomic E-state index is 12.1. The first-order valence-electron chi connectivity index (χ1n) is 6.78. The molecule has 1 amide bonds. The zero-order valence-corrected chi connectivity index (χ0v) is 11.5. The molecule has 0 aromatic carbocycles. The number of carbonyl (C=O) groups excluding carboxylic acids is 1. The Balaban J connectivity index is 2.54. The highest BCUT2D eigenvalue weighted by Gasteiger charge is 2.37. The second kappa shape index (κ2) is 6.50. The molecule has 0 spiro atoms. The first kappa shape index (κ1) is 15.4. The lowest BCUT2D eigenvalue weighted by Crippen LogP contribution is -2.58. The second-order valence-electron chi connectivity index (χ2n) is 5.32. The van der Waals surface area contributed by atoms with Crippen molar-refractivity contribution in [3.63, 3.8) is 0 Å². The van der Waals surface area contributed by atoms with Gasteiger partial charge in [0.25, 0.3) is 0 Å². The summed E-state index contributed by atoms with van der Waals surface area (Å²) in [6.45, 7) is 5.69. The maximum Gasteiger partial charge on any atom is 0.240 e. The summed E-state index contributed by atoms with van der Waals surface area (Å²) in [7, 11) is 0. The normalized spacial score (nSPS) is 19.6. The van der Waals surface area contributed by atoms with E-state index >= 15 is 0 Å². The summed E-state index contributed by atoms with van der Waals surface area (Å²) in [4.78, 5) is 12.1. The molecule has 18 heavy (non-hydrogen) atoms. The molecule has 4 N–H and O–H groups in total. The van der Waals surface area contributed by atoms with E-state index in [1.54, 1.807) is 0 Å². The average Bonchev–Trinajstić information content (AvgIpc) is 2.41. The van der Waals surface area contributed by atoms with Crippen molar-refractivity contribution in [1.29, 1.82) is 0 Å². The van der Waals surface area contributed by atoms with Gasteiger partial charge in [0.1, 0.15) is 0 Å². The quantitative estimate of drug-likeness (QED) is 0.644. The topological polar surface area (TPSA) is 84.6 Å². The van der Waals surface area contributed by atoms with Crippen LogP contribution in [0.15, 0.2) is 0 Å². The van der Waals surface area contributed by atoms with Crippen LogP contribution in [0.1, 0.15) is 39.5 Å². The lowest BCUT2D eigenvalue weighted by molar-refractivity contribution is -0.130. The average molecular weight is 258 g/mol. The van der Waals surface area contributed by atoms with Crippen molar-refractivity contribution >= 4 is 5.91 Å². The minimum Gasteiger partial charge on any atom is -0.396 e. The highest BCUT2D eigenvalue weighted by Crippen LogP contribution is 2.25. The molecule has 0 atom stereocenters. The molecular formula is C13H26N2O3. The molecule has 5 heteroatoms. The fourth-order valence-corrected chi connectivity index (χ4v) is 2.19.